The van der Waals surface area contributed by atoms with Gasteiger partial charge in [0.15, 0.2) is 0 Å². The molecule has 0 saturated carbocycles. The van der Waals surface area contributed by atoms with Crippen molar-refractivity contribution in [3.05, 3.63) is 47.2 Å². The fraction of sp³-hybridized carbons (Fsp3) is 0.154. The Morgan fingerprint density at radius 3 is 2.88 bits per heavy atom. The van der Waals surface area contributed by atoms with Crippen LogP contribution in [0.1, 0.15) is 16.7 Å². The largest absolute Gasteiger partial charge is 0.398 e. The molecule has 0 amide bonds. The lowest BCUT2D eigenvalue weighted by Crippen LogP contribution is -2.22. The summed E-state index contributed by atoms with van der Waals surface area (Å²) in [6, 6.07) is 3.78. The highest BCUT2D eigenvalue weighted by Gasteiger charge is 2.16. The molecule has 0 radical (unpaired) electrons. The summed E-state index contributed by atoms with van der Waals surface area (Å²) >= 11 is 6.21. The molecule has 0 spiro atoms. The molecule has 1 aliphatic heterocycles. The second kappa shape index (κ2) is 4.63. The quantitative estimate of drug-likeness (QED) is 0.326. The van der Waals surface area contributed by atoms with Gasteiger partial charge in [0.2, 0.25) is 0 Å². The van der Waals surface area contributed by atoms with Crippen molar-refractivity contribution in [2.75, 3.05) is 5.73 Å². The summed E-state index contributed by atoms with van der Waals surface area (Å²) in [6.07, 6.45) is 6.95. The molecule has 3 nitrogen and oxygen atoms in total. The van der Waals surface area contributed by atoms with Crippen LogP contribution in [0.15, 0.2) is 30.5 Å². The molecule has 4 heteroatoms. The van der Waals surface area contributed by atoms with Crippen LogP contribution in [-0.4, -0.2) is 11.7 Å². The maximum absolute atomic E-state index is 7.33. The zero-order chi connectivity index (χ0) is 12.4. The minimum atomic E-state index is -0.249. The van der Waals surface area contributed by atoms with Crippen molar-refractivity contribution < 1.29 is 0 Å². The minimum Gasteiger partial charge on any atom is -0.398 e. The lowest BCUT2D eigenvalue weighted by molar-refractivity contribution is 0.917. The van der Waals surface area contributed by atoms with Gasteiger partial charge in [0.1, 0.15) is 5.50 Å². The summed E-state index contributed by atoms with van der Waals surface area (Å²) in [5.41, 5.74) is 9.99. The second-order valence-corrected chi connectivity index (χ2v) is 4.39. The number of benzene rings is 1. The van der Waals surface area contributed by atoms with Gasteiger partial charge in [-0.05, 0) is 48.0 Å². The fourth-order valence-corrected chi connectivity index (χ4v) is 2.14. The third-order valence-corrected chi connectivity index (χ3v) is 3.15. The monoisotopic (exact) mass is 247 g/mol. The molecule has 1 aromatic carbocycles. The second-order valence-electron chi connectivity index (χ2n) is 3.95. The Morgan fingerprint density at radius 1 is 1.47 bits per heavy atom. The predicted octanol–water partition coefficient (Wildman–Crippen LogP) is 2.64. The van der Waals surface area contributed by atoms with Gasteiger partial charge in [-0.1, -0.05) is 17.7 Å². The Morgan fingerprint density at radius 2 is 2.24 bits per heavy atom. The molecule has 0 saturated heterocycles. The molecule has 0 bridgehead atoms. The van der Waals surface area contributed by atoms with Crippen LogP contribution in [0.2, 0.25) is 0 Å². The van der Waals surface area contributed by atoms with Gasteiger partial charge in [0.05, 0.1) is 0 Å². The zero-order valence-corrected chi connectivity index (χ0v) is 10.3. The molecule has 1 atom stereocenters. The molecular formula is C13H14ClN3. The van der Waals surface area contributed by atoms with Crippen molar-refractivity contribution in [2.24, 2.45) is 0 Å². The van der Waals surface area contributed by atoms with E-state index in [-0.39, 0.29) is 5.50 Å². The maximum Gasteiger partial charge on any atom is 0.127 e. The van der Waals surface area contributed by atoms with E-state index in [9.17, 15) is 0 Å². The van der Waals surface area contributed by atoms with Gasteiger partial charge in [-0.25, -0.2) is 0 Å². The Balaban J connectivity index is 2.55. The molecule has 0 aliphatic carbocycles. The van der Waals surface area contributed by atoms with E-state index in [1.165, 1.54) is 6.21 Å². The van der Waals surface area contributed by atoms with E-state index < -0.39 is 0 Å². The van der Waals surface area contributed by atoms with Crippen LogP contribution in [0.5, 0.6) is 0 Å². The molecule has 1 heterocycles. The van der Waals surface area contributed by atoms with E-state index in [4.69, 9.17) is 22.7 Å². The lowest BCUT2D eigenvalue weighted by Gasteiger charge is -2.20. The standard InChI is InChI=1S/C13H14ClN3/c1-8-5-12(16)9(7-15)6-11(8)10-3-2-4-17-13(10)14/h2-7,13,15,17H,16H2,1H3. The molecule has 1 aliphatic rings. The first kappa shape index (κ1) is 11.7. The number of rotatable bonds is 2. The first-order chi connectivity index (χ1) is 8.13. The molecule has 2 rings (SSSR count). The topological polar surface area (TPSA) is 61.9 Å². The molecule has 0 aromatic heterocycles. The number of hydrogen-bond donors (Lipinski definition) is 3. The maximum atomic E-state index is 7.33. The van der Waals surface area contributed by atoms with Crippen molar-refractivity contribution in [1.29, 1.82) is 5.41 Å². The Hall–Kier alpha value is -1.74. The summed E-state index contributed by atoms with van der Waals surface area (Å²) in [4.78, 5) is 0. The number of nitrogen functional groups attached to an aromatic ring is 1. The van der Waals surface area contributed by atoms with Crippen molar-refractivity contribution in [3.63, 3.8) is 0 Å². The number of alkyl halides is 1. The van der Waals surface area contributed by atoms with Gasteiger partial charge in [-0.2, -0.15) is 0 Å². The number of nitrogens with two attached hydrogens (primary N) is 1. The molecule has 88 valence electrons. The third-order valence-electron chi connectivity index (χ3n) is 2.78. The van der Waals surface area contributed by atoms with Crippen LogP contribution in [0.3, 0.4) is 0 Å². The van der Waals surface area contributed by atoms with E-state index >= 15 is 0 Å². The van der Waals surface area contributed by atoms with E-state index in [0.717, 1.165) is 16.7 Å². The molecule has 4 N–H and O–H groups in total. The third kappa shape index (κ3) is 2.19. The smallest absolute Gasteiger partial charge is 0.127 e. The molecule has 1 unspecified atom stereocenters. The van der Waals surface area contributed by atoms with Gasteiger partial charge in [0.25, 0.3) is 0 Å². The van der Waals surface area contributed by atoms with Gasteiger partial charge in [0, 0.05) is 17.5 Å². The fourth-order valence-electron chi connectivity index (χ4n) is 1.88. The number of aryl methyl sites for hydroxylation is 1. The Bertz CT molecular complexity index is 518. The van der Waals surface area contributed by atoms with E-state index in [1.807, 2.05) is 37.4 Å². The predicted molar refractivity (Wildman–Crippen MR) is 73.4 cm³/mol. The summed E-state index contributed by atoms with van der Waals surface area (Å²) in [7, 11) is 0. The van der Waals surface area contributed by atoms with E-state index in [1.54, 1.807) is 0 Å². The highest BCUT2D eigenvalue weighted by Crippen LogP contribution is 2.28. The van der Waals surface area contributed by atoms with Gasteiger partial charge in [-0.3, -0.25) is 0 Å². The van der Waals surface area contributed by atoms with Crippen molar-refractivity contribution in [2.45, 2.75) is 12.4 Å². The van der Waals surface area contributed by atoms with Crippen molar-refractivity contribution in [3.8, 4) is 0 Å². The van der Waals surface area contributed by atoms with Crippen LogP contribution in [0.4, 0.5) is 5.69 Å². The van der Waals surface area contributed by atoms with Gasteiger partial charge in [-0.15, -0.1) is 0 Å². The summed E-state index contributed by atoms with van der Waals surface area (Å²) in [6.45, 7) is 1.99. The summed E-state index contributed by atoms with van der Waals surface area (Å²) in [5.74, 6) is 0. The number of hydrogen-bond acceptors (Lipinski definition) is 3. The van der Waals surface area contributed by atoms with Gasteiger partial charge < -0.3 is 16.5 Å². The van der Waals surface area contributed by atoms with Crippen LogP contribution < -0.4 is 11.1 Å². The van der Waals surface area contributed by atoms with Crippen LogP contribution >= 0.6 is 11.6 Å². The average Bonchev–Trinajstić information content (AvgIpc) is 2.31. The highest BCUT2D eigenvalue weighted by molar-refractivity contribution is 6.26. The average molecular weight is 248 g/mol. The van der Waals surface area contributed by atoms with Gasteiger partial charge >= 0.3 is 0 Å². The first-order valence-corrected chi connectivity index (χ1v) is 5.75. The van der Waals surface area contributed by atoms with E-state index in [0.29, 0.717) is 11.3 Å². The Labute approximate surface area is 105 Å². The highest BCUT2D eigenvalue weighted by atomic mass is 35.5. The van der Waals surface area contributed by atoms with Crippen LogP contribution in [0.25, 0.3) is 5.57 Å². The van der Waals surface area contributed by atoms with Crippen molar-refractivity contribution >= 4 is 29.1 Å². The minimum absolute atomic E-state index is 0.249. The summed E-state index contributed by atoms with van der Waals surface area (Å²) < 4.78 is 0. The van der Waals surface area contributed by atoms with Crippen LogP contribution in [-0.2, 0) is 0 Å². The number of allylic oxidation sites excluding steroid dienone is 2. The molecule has 0 fully saturated rings. The number of anilines is 1. The number of halogens is 1. The normalized spacial score (nSPS) is 18.5. The molecule has 17 heavy (non-hydrogen) atoms. The van der Waals surface area contributed by atoms with Crippen molar-refractivity contribution in [1.82, 2.24) is 5.32 Å². The van der Waals surface area contributed by atoms with E-state index in [2.05, 4.69) is 5.32 Å². The lowest BCUT2D eigenvalue weighted by atomic mass is 9.95. The Kier molecular flexibility index (Phi) is 3.20. The molecular weight excluding hydrogens is 234 g/mol. The number of nitrogens with one attached hydrogen (secondary N) is 2. The van der Waals surface area contributed by atoms with Crippen LogP contribution in [0, 0.1) is 12.3 Å². The number of dihydropyridines is 1. The zero-order valence-electron chi connectivity index (χ0n) is 9.50. The molecule has 1 aromatic rings. The first-order valence-electron chi connectivity index (χ1n) is 5.31. The summed E-state index contributed by atoms with van der Waals surface area (Å²) in [5, 5.41) is 10.4. The SMILES string of the molecule is Cc1cc(N)c(C=N)cc1C1=CC=CNC1Cl.